The van der Waals surface area contributed by atoms with E-state index >= 15 is 0 Å². The molecule has 2 N–H and O–H groups in total. The predicted octanol–water partition coefficient (Wildman–Crippen LogP) is 3.88. The van der Waals surface area contributed by atoms with E-state index < -0.39 is 6.09 Å². The highest BCUT2D eigenvalue weighted by Gasteiger charge is 2.33. The molecular weight excluding hydrogens is 402 g/mol. The van der Waals surface area contributed by atoms with Gasteiger partial charge in [-0.15, -0.1) is 0 Å². The van der Waals surface area contributed by atoms with Crippen LogP contribution in [0, 0.1) is 0 Å². The lowest BCUT2D eigenvalue weighted by Gasteiger charge is -2.35. The van der Waals surface area contributed by atoms with Crippen LogP contribution in [0.5, 0.6) is 5.88 Å². The van der Waals surface area contributed by atoms with Crippen LogP contribution >= 0.6 is 11.3 Å². The van der Waals surface area contributed by atoms with Gasteiger partial charge in [0.2, 0.25) is 5.88 Å². The zero-order chi connectivity index (χ0) is 20.5. The number of rotatable bonds is 5. The monoisotopic (exact) mass is 423 g/mol. The molecule has 0 unspecified atom stereocenters. The summed E-state index contributed by atoms with van der Waals surface area (Å²) >= 11 is 1.66. The second kappa shape index (κ2) is 7.91. The van der Waals surface area contributed by atoms with E-state index in [1.165, 1.54) is 9.60 Å². The smallest absolute Gasteiger partial charge is 0.407 e. The molecule has 1 aromatic carbocycles. The highest BCUT2D eigenvalue weighted by molar-refractivity contribution is 7.22. The zero-order valence-corrected chi connectivity index (χ0v) is 17.0. The quantitative estimate of drug-likeness (QED) is 0.642. The minimum Gasteiger partial charge on any atom is -0.473 e. The van der Waals surface area contributed by atoms with Gasteiger partial charge in [0, 0.05) is 44.4 Å². The van der Waals surface area contributed by atoms with Crippen LogP contribution in [-0.2, 0) is 0 Å². The third kappa shape index (κ3) is 3.80. The van der Waals surface area contributed by atoms with E-state index in [1.807, 2.05) is 24.3 Å². The fourth-order valence-electron chi connectivity index (χ4n) is 3.74. The summed E-state index contributed by atoms with van der Waals surface area (Å²) in [5.74, 6) is 0.524. The van der Waals surface area contributed by atoms with Crippen LogP contribution in [-0.4, -0.2) is 56.3 Å². The van der Waals surface area contributed by atoms with Crippen molar-refractivity contribution in [3.63, 3.8) is 0 Å². The molecule has 8 nitrogen and oxygen atoms in total. The Morgan fingerprint density at radius 1 is 1.23 bits per heavy atom. The van der Waals surface area contributed by atoms with Crippen molar-refractivity contribution in [1.29, 1.82) is 0 Å². The number of hydrogen-bond acceptors (Lipinski definition) is 7. The summed E-state index contributed by atoms with van der Waals surface area (Å²) in [4.78, 5) is 25.9. The SMILES string of the molecule is O=C(O)N1CC=C(c2nccnc2O[C@H]2C[C@H](Nc3nc4ccccc4s3)C2)CC1. The number of para-hydroxylation sites is 1. The van der Waals surface area contributed by atoms with Gasteiger partial charge in [-0.05, 0) is 24.1 Å². The molecule has 0 radical (unpaired) electrons. The molecule has 30 heavy (non-hydrogen) atoms. The molecule has 2 aliphatic rings. The average Bonchev–Trinajstić information content (AvgIpc) is 3.15. The second-order valence-corrected chi connectivity index (χ2v) is 8.49. The normalized spacial score (nSPS) is 21.1. The Hall–Kier alpha value is -3.20. The molecule has 1 amide bonds. The van der Waals surface area contributed by atoms with Gasteiger partial charge in [-0.25, -0.2) is 19.7 Å². The molecule has 5 rings (SSSR count). The second-order valence-electron chi connectivity index (χ2n) is 7.46. The Bertz CT molecular complexity index is 1080. The Morgan fingerprint density at radius 2 is 2.07 bits per heavy atom. The summed E-state index contributed by atoms with van der Waals surface area (Å²) in [6, 6.07) is 8.45. The number of fused-ring (bicyclic) bond motifs is 1. The van der Waals surface area contributed by atoms with Crippen LogP contribution in [0.2, 0.25) is 0 Å². The Morgan fingerprint density at radius 3 is 2.83 bits per heavy atom. The molecule has 154 valence electrons. The van der Waals surface area contributed by atoms with Crippen molar-refractivity contribution in [1.82, 2.24) is 19.9 Å². The van der Waals surface area contributed by atoms with E-state index in [-0.39, 0.29) is 6.10 Å². The van der Waals surface area contributed by atoms with Crippen LogP contribution in [0.25, 0.3) is 15.8 Å². The molecule has 0 bridgehead atoms. The number of carboxylic acid groups (broad SMARTS) is 1. The first-order chi connectivity index (χ1) is 14.7. The Kier molecular flexibility index (Phi) is 4.96. The van der Waals surface area contributed by atoms with Gasteiger partial charge in [-0.2, -0.15) is 0 Å². The van der Waals surface area contributed by atoms with Gasteiger partial charge in [0.25, 0.3) is 0 Å². The maximum Gasteiger partial charge on any atom is 0.407 e. The van der Waals surface area contributed by atoms with Crippen LogP contribution in [0.15, 0.2) is 42.7 Å². The van der Waals surface area contributed by atoms with Crippen molar-refractivity contribution >= 4 is 38.4 Å². The van der Waals surface area contributed by atoms with E-state index in [0.29, 0.717) is 37.1 Å². The number of amides is 1. The molecular formula is C21H21N5O3S. The molecule has 2 aromatic heterocycles. The van der Waals surface area contributed by atoms with Crippen LogP contribution in [0.3, 0.4) is 0 Å². The zero-order valence-electron chi connectivity index (χ0n) is 16.2. The number of benzene rings is 1. The molecule has 3 heterocycles. The van der Waals surface area contributed by atoms with E-state index in [2.05, 4.69) is 26.3 Å². The van der Waals surface area contributed by atoms with Gasteiger partial charge < -0.3 is 20.1 Å². The first kappa shape index (κ1) is 18.8. The highest BCUT2D eigenvalue weighted by Crippen LogP contribution is 2.34. The topological polar surface area (TPSA) is 100 Å². The highest BCUT2D eigenvalue weighted by atomic mass is 32.1. The maximum absolute atomic E-state index is 11.1. The summed E-state index contributed by atoms with van der Waals surface area (Å²) in [6.07, 6.45) is 6.69. The lowest BCUT2D eigenvalue weighted by molar-refractivity contribution is 0.102. The van der Waals surface area contributed by atoms with E-state index in [1.54, 1.807) is 23.7 Å². The van der Waals surface area contributed by atoms with Gasteiger partial charge in [-0.1, -0.05) is 29.5 Å². The van der Waals surface area contributed by atoms with E-state index in [9.17, 15) is 4.79 Å². The number of nitrogens with one attached hydrogen (secondary N) is 1. The van der Waals surface area contributed by atoms with E-state index in [4.69, 9.17) is 9.84 Å². The van der Waals surface area contributed by atoms with Gasteiger partial charge in [0.15, 0.2) is 5.13 Å². The Balaban J connectivity index is 1.20. The number of aromatic nitrogens is 3. The largest absolute Gasteiger partial charge is 0.473 e. The molecule has 9 heteroatoms. The molecule has 0 spiro atoms. The van der Waals surface area contributed by atoms with Crippen LogP contribution < -0.4 is 10.1 Å². The molecule has 1 fully saturated rings. The minimum atomic E-state index is -0.901. The van der Waals surface area contributed by atoms with E-state index in [0.717, 1.165) is 29.1 Å². The number of ether oxygens (including phenoxy) is 1. The van der Waals surface area contributed by atoms with Crippen LogP contribution in [0.1, 0.15) is 25.0 Å². The predicted molar refractivity (Wildman–Crippen MR) is 115 cm³/mol. The molecule has 0 saturated heterocycles. The Labute approximate surface area is 177 Å². The number of hydrogen-bond donors (Lipinski definition) is 2. The summed E-state index contributed by atoms with van der Waals surface area (Å²) in [5.41, 5.74) is 2.72. The van der Waals surface area contributed by atoms with Crippen molar-refractivity contribution in [2.75, 3.05) is 18.4 Å². The van der Waals surface area contributed by atoms with Crippen molar-refractivity contribution in [2.45, 2.75) is 31.4 Å². The van der Waals surface area contributed by atoms with Gasteiger partial charge in [-0.3, -0.25) is 0 Å². The molecule has 1 aliphatic heterocycles. The van der Waals surface area contributed by atoms with Crippen molar-refractivity contribution in [3.05, 3.63) is 48.4 Å². The van der Waals surface area contributed by atoms with Crippen molar-refractivity contribution < 1.29 is 14.6 Å². The fourth-order valence-corrected chi connectivity index (χ4v) is 4.68. The fraction of sp³-hybridized carbons (Fsp3) is 0.333. The van der Waals surface area contributed by atoms with Crippen molar-refractivity contribution in [3.8, 4) is 5.88 Å². The maximum atomic E-state index is 11.1. The minimum absolute atomic E-state index is 0.0760. The number of nitrogens with zero attached hydrogens (tertiary/aromatic N) is 4. The third-order valence-electron chi connectivity index (χ3n) is 5.44. The van der Waals surface area contributed by atoms with Gasteiger partial charge in [0.1, 0.15) is 11.8 Å². The number of carbonyl (C=O) groups is 1. The lowest BCUT2D eigenvalue weighted by atomic mass is 9.89. The average molecular weight is 423 g/mol. The molecule has 3 aromatic rings. The summed E-state index contributed by atoms with van der Waals surface area (Å²) < 4.78 is 7.31. The molecule has 1 aliphatic carbocycles. The summed E-state index contributed by atoms with van der Waals surface area (Å²) in [6.45, 7) is 0.813. The molecule has 1 saturated carbocycles. The summed E-state index contributed by atoms with van der Waals surface area (Å²) in [5, 5.41) is 13.6. The molecule has 0 atom stereocenters. The third-order valence-corrected chi connectivity index (χ3v) is 6.41. The standard InChI is InChI=1S/C21H21N5O3S/c27-21(28)26-9-5-13(6-10-26)18-19(23-8-7-22-18)29-15-11-14(12-15)24-20-25-16-3-1-2-4-17(16)30-20/h1-5,7-8,14-15H,6,9-12H2,(H,24,25)(H,27,28)/t14-,15-. The van der Waals surface area contributed by atoms with Gasteiger partial charge in [0.05, 0.1) is 10.2 Å². The van der Waals surface area contributed by atoms with Crippen molar-refractivity contribution in [2.24, 2.45) is 0 Å². The lowest BCUT2D eigenvalue weighted by Crippen LogP contribution is -2.42. The number of thiazole rings is 1. The number of anilines is 1. The summed E-state index contributed by atoms with van der Waals surface area (Å²) in [7, 11) is 0. The first-order valence-electron chi connectivity index (χ1n) is 9.93. The van der Waals surface area contributed by atoms with Gasteiger partial charge >= 0.3 is 6.09 Å². The first-order valence-corrected chi connectivity index (χ1v) is 10.7. The van der Waals surface area contributed by atoms with Crippen LogP contribution in [0.4, 0.5) is 9.93 Å².